The van der Waals surface area contributed by atoms with Gasteiger partial charge in [-0.3, -0.25) is 4.79 Å². The Morgan fingerprint density at radius 1 is 1.10 bits per heavy atom. The van der Waals surface area contributed by atoms with Crippen molar-refractivity contribution in [3.05, 3.63) is 46.2 Å². The van der Waals surface area contributed by atoms with Crippen molar-refractivity contribution in [1.29, 1.82) is 0 Å². The van der Waals surface area contributed by atoms with Crippen molar-refractivity contribution in [2.24, 2.45) is 0 Å². The molecule has 7 nitrogen and oxygen atoms in total. The molecule has 0 aliphatic carbocycles. The molecule has 1 aromatic carbocycles. The smallest absolute Gasteiger partial charge is 0.238 e. The third kappa shape index (κ3) is 7.00. The summed E-state index contributed by atoms with van der Waals surface area (Å²) >= 11 is 1.57. The van der Waals surface area contributed by atoms with Gasteiger partial charge in [-0.1, -0.05) is 19.1 Å². The maximum atomic E-state index is 13.0. The quantitative estimate of drug-likeness (QED) is 0.493. The minimum Gasteiger partial charge on any atom is -0.493 e. The predicted octanol–water partition coefficient (Wildman–Crippen LogP) is 3.01. The topological polar surface area (TPSA) is 76.2 Å². The zero-order valence-corrected chi connectivity index (χ0v) is 19.6. The summed E-state index contributed by atoms with van der Waals surface area (Å²) in [7, 11) is -0.272. The van der Waals surface area contributed by atoms with Crippen LogP contribution >= 0.6 is 11.3 Å². The van der Waals surface area contributed by atoms with Gasteiger partial charge >= 0.3 is 0 Å². The van der Waals surface area contributed by atoms with Gasteiger partial charge in [0.25, 0.3) is 0 Å². The van der Waals surface area contributed by atoms with E-state index in [-0.39, 0.29) is 12.5 Å². The van der Waals surface area contributed by atoms with Crippen molar-refractivity contribution >= 4 is 27.3 Å². The summed E-state index contributed by atoms with van der Waals surface area (Å²) in [5.41, 5.74) is 1.00. The van der Waals surface area contributed by atoms with E-state index in [0.29, 0.717) is 44.0 Å². The number of hydrogen-bond acceptors (Lipinski definition) is 6. The molecule has 30 heavy (non-hydrogen) atoms. The molecule has 0 unspecified atom stereocenters. The van der Waals surface area contributed by atoms with E-state index in [4.69, 9.17) is 9.47 Å². The number of sulfonamides is 1. The summed E-state index contributed by atoms with van der Waals surface area (Å²) < 4.78 is 35.9. The van der Waals surface area contributed by atoms with E-state index in [1.54, 1.807) is 30.5 Å². The number of rotatable bonds is 12. The molecule has 0 aliphatic rings. The average Bonchev–Trinajstić information content (AvgIpc) is 3.22. The van der Waals surface area contributed by atoms with Crippen molar-refractivity contribution in [3.63, 3.8) is 0 Å². The van der Waals surface area contributed by atoms with Crippen molar-refractivity contribution < 1.29 is 22.7 Å². The van der Waals surface area contributed by atoms with Crippen molar-refractivity contribution in [2.75, 3.05) is 40.1 Å². The van der Waals surface area contributed by atoms with Gasteiger partial charge in [-0.25, -0.2) is 8.42 Å². The van der Waals surface area contributed by atoms with Crippen molar-refractivity contribution in [3.8, 4) is 11.5 Å². The Morgan fingerprint density at radius 3 is 2.40 bits per heavy atom. The van der Waals surface area contributed by atoms with Crippen LogP contribution in [0.4, 0.5) is 0 Å². The standard InChI is InChI=1S/C21H30N2O5S2/c1-5-11-23(30(4,25)26)16-21(24)22(15-18-7-6-13-29-18)12-10-17-8-9-19(27-2)20(14-17)28-3/h6-9,13-14H,5,10-12,15-16H2,1-4H3. The van der Waals surface area contributed by atoms with Crippen molar-refractivity contribution in [1.82, 2.24) is 9.21 Å². The van der Waals surface area contributed by atoms with E-state index in [1.165, 1.54) is 4.31 Å². The summed E-state index contributed by atoms with van der Waals surface area (Å²) in [6, 6.07) is 9.59. The van der Waals surface area contributed by atoms with Crippen LogP contribution in [0.5, 0.6) is 11.5 Å². The molecule has 1 aromatic heterocycles. The molecular weight excluding hydrogens is 424 g/mol. The molecule has 0 bridgehead atoms. The lowest BCUT2D eigenvalue weighted by molar-refractivity contribution is -0.132. The molecule has 166 valence electrons. The molecule has 0 fully saturated rings. The molecule has 0 spiro atoms. The lowest BCUT2D eigenvalue weighted by Crippen LogP contribution is -2.43. The molecule has 2 aromatic rings. The summed E-state index contributed by atoms with van der Waals surface area (Å²) in [6.45, 7) is 2.99. The SMILES string of the molecule is CCCN(CC(=O)N(CCc1ccc(OC)c(OC)c1)Cc1cccs1)S(C)(=O)=O. The second-order valence-corrected chi connectivity index (χ2v) is 9.95. The van der Waals surface area contributed by atoms with Crippen LogP contribution in [-0.2, 0) is 27.8 Å². The third-order valence-corrected chi connectivity index (χ3v) is 6.76. The number of nitrogens with zero attached hydrogens (tertiary/aromatic N) is 2. The van der Waals surface area contributed by atoms with Gasteiger partial charge in [-0.2, -0.15) is 4.31 Å². The van der Waals surface area contributed by atoms with Gasteiger partial charge < -0.3 is 14.4 Å². The van der Waals surface area contributed by atoms with E-state index in [0.717, 1.165) is 16.7 Å². The van der Waals surface area contributed by atoms with E-state index < -0.39 is 10.0 Å². The van der Waals surface area contributed by atoms with Gasteiger partial charge in [0, 0.05) is 18.0 Å². The fraction of sp³-hybridized carbons (Fsp3) is 0.476. The second kappa shape index (κ2) is 11.3. The third-order valence-electron chi connectivity index (χ3n) is 4.65. The first-order valence-corrected chi connectivity index (χ1v) is 12.5. The summed E-state index contributed by atoms with van der Waals surface area (Å²) in [4.78, 5) is 15.8. The van der Waals surface area contributed by atoms with E-state index >= 15 is 0 Å². The highest BCUT2D eigenvalue weighted by molar-refractivity contribution is 7.88. The molecule has 0 saturated heterocycles. The molecule has 0 atom stereocenters. The van der Waals surface area contributed by atoms with Gasteiger partial charge in [0.2, 0.25) is 15.9 Å². The monoisotopic (exact) mass is 454 g/mol. The molecule has 1 heterocycles. The van der Waals surface area contributed by atoms with Crippen molar-refractivity contribution in [2.45, 2.75) is 26.3 Å². The Morgan fingerprint density at radius 2 is 1.83 bits per heavy atom. The van der Waals surface area contributed by atoms with Gasteiger partial charge in [0.1, 0.15) is 0 Å². The molecule has 2 rings (SSSR count). The fourth-order valence-electron chi connectivity index (χ4n) is 3.05. The second-order valence-electron chi connectivity index (χ2n) is 6.93. The number of carbonyl (C=O) groups is 1. The van der Waals surface area contributed by atoms with Gasteiger partial charge in [-0.05, 0) is 42.0 Å². The molecular formula is C21H30N2O5S2. The van der Waals surface area contributed by atoms with Crippen LogP contribution in [-0.4, -0.2) is 63.6 Å². The van der Waals surface area contributed by atoms with Crippen LogP contribution in [0, 0.1) is 0 Å². The predicted molar refractivity (Wildman–Crippen MR) is 120 cm³/mol. The summed E-state index contributed by atoms with van der Waals surface area (Å²) in [5.74, 6) is 1.08. The van der Waals surface area contributed by atoms with Crippen LogP contribution < -0.4 is 9.47 Å². The van der Waals surface area contributed by atoms with Crippen LogP contribution in [0.3, 0.4) is 0 Å². The Balaban J connectivity index is 2.15. The number of ether oxygens (including phenoxy) is 2. The maximum absolute atomic E-state index is 13.0. The highest BCUT2D eigenvalue weighted by Gasteiger charge is 2.23. The molecule has 0 N–H and O–H groups in total. The normalized spacial score (nSPS) is 11.5. The van der Waals surface area contributed by atoms with Crippen LogP contribution in [0.25, 0.3) is 0 Å². The number of hydrogen-bond donors (Lipinski definition) is 0. The Hall–Kier alpha value is -2.10. The molecule has 9 heteroatoms. The number of methoxy groups -OCH3 is 2. The molecule has 0 saturated carbocycles. The number of benzene rings is 1. The lowest BCUT2D eigenvalue weighted by atomic mass is 10.1. The lowest BCUT2D eigenvalue weighted by Gasteiger charge is -2.26. The Bertz CT molecular complexity index is 913. The first-order valence-electron chi connectivity index (χ1n) is 9.74. The van der Waals surface area contributed by atoms with E-state index in [2.05, 4.69) is 0 Å². The maximum Gasteiger partial charge on any atom is 0.238 e. The first kappa shape index (κ1) is 24.2. The minimum atomic E-state index is -3.44. The Kier molecular flexibility index (Phi) is 9.13. The van der Waals surface area contributed by atoms with Gasteiger partial charge in [0.15, 0.2) is 11.5 Å². The van der Waals surface area contributed by atoms with Crippen LogP contribution in [0.1, 0.15) is 23.8 Å². The largest absolute Gasteiger partial charge is 0.493 e. The average molecular weight is 455 g/mol. The number of carbonyl (C=O) groups excluding carboxylic acids is 1. The zero-order valence-electron chi connectivity index (χ0n) is 18.0. The summed E-state index contributed by atoms with van der Waals surface area (Å²) in [6.07, 6.45) is 2.41. The first-order chi connectivity index (χ1) is 14.3. The van der Waals surface area contributed by atoms with Gasteiger partial charge in [0.05, 0.1) is 33.6 Å². The molecule has 0 radical (unpaired) electrons. The molecule has 0 aliphatic heterocycles. The summed E-state index contributed by atoms with van der Waals surface area (Å²) in [5, 5.41) is 1.96. The van der Waals surface area contributed by atoms with Crippen LogP contribution in [0.15, 0.2) is 35.7 Å². The van der Waals surface area contributed by atoms with Crippen LogP contribution in [0.2, 0.25) is 0 Å². The van der Waals surface area contributed by atoms with E-state index in [1.807, 2.05) is 42.6 Å². The highest BCUT2D eigenvalue weighted by atomic mass is 32.2. The van der Waals surface area contributed by atoms with E-state index in [9.17, 15) is 13.2 Å². The zero-order chi connectivity index (χ0) is 22.1. The minimum absolute atomic E-state index is 0.149. The Labute approximate surface area is 183 Å². The fourth-order valence-corrected chi connectivity index (χ4v) is 4.62. The van der Waals surface area contributed by atoms with Gasteiger partial charge in [-0.15, -0.1) is 11.3 Å². The number of thiophene rings is 1. The highest BCUT2D eigenvalue weighted by Crippen LogP contribution is 2.27. The number of amides is 1. The molecule has 1 amide bonds.